The maximum absolute atomic E-state index is 12.8. The molecule has 1 amide bonds. The lowest BCUT2D eigenvalue weighted by molar-refractivity contribution is -0.141. The fourth-order valence-electron chi connectivity index (χ4n) is 2.39. The lowest BCUT2D eigenvalue weighted by Gasteiger charge is -2.31. The molecule has 1 aliphatic heterocycles. The maximum Gasteiger partial charge on any atom is 0.433 e. The van der Waals surface area contributed by atoms with Crippen molar-refractivity contribution in [2.75, 3.05) is 13.1 Å². The zero-order chi connectivity index (χ0) is 14.9. The number of amides is 1. The Hall–Kier alpha value is -1.66. The summed E-state index contributed by atoms with van der Waals surface area (Å²) in [6.07, 6.45) is -3.02. The first-order valence-corrected chi connectivity index (χ1v) is 6.45. The summed E-state index contributed by atoms with van der Waals surface area (Å²) in [7, 11) is 0. The van der Waals surface area contributed by atoms with Crippen LogP contribution in [-0.2, 0) is 11.0 Å². The van der Waals surface area contributed by atoms with Crippen molar-refractivity contribution in [2.45, 2.75) is 38.8 Å². The van der Waals surface area contributed by atoms with Crippen molar-refractivity contribution in [3.8, 4) is 0 Å². The van der Waals surface area contributed by atoms with Gasteiger partial charge in [-0.1, -0.05) is 0 Å². The molecule has 7 heteroatoms. The number of likely N-dealkylation sites (tertiary alicyclic amines) is 1. The number of piperidine rings is 1. The standard InChI is InChI=1S/C13H16F3N3O/c1-8-6-11(13(14,15)16)18-12(17-8)10-4-3-5-19(7-10)9(2)20/h6,10H,3-5,7H2,1-2H3/t10-/m0/s1. The van der Waals surface area contributed by atoms with Gasteiger partial charge >= 0.3 is 6.18 Å². The molecule has 110 valence electrons. The first kappa shape index (κ1) is 14.7. The molecule has 0 aliphatic carbocycles. The summed E-state index contributed by atoms with van der Waals surface area (Å²) in [6, 6.07) is 0.940. The Morgan fingerprint density at radius 1 is 1.40 bits per heavy atom. The van der Waals surface area contributed by atoms with Crippen molar-refractivity contribution in [2.24, 2.45) is 0 Å². The molecule has 1 aromatic rings. The fraction of sp³-hybridized carbons (Fsp3) is 0.615. The van der Waals surface area contributed by atoms with Crippen LogP contribution in [0.4, 0.5) is 13.2 Å². The number of alkyl halides is 3. The van der Waals surface area contributed by atoms with Gasteiger partial charge in [-0.2, -0.15) is 13.2 Å². The Labute approximate surface area is 115 Å². The highest BCUT2D eigenvalue weighted by Gasteiger charge is 2.34. The van der Waals surface area contributed by atoms with E-state index in [0.717, 1.165) is 12.5 Å². The first-order valence-electron chi connectivity index (χ1n) is 6.45. The largest absolute Gasteiger partial charge is 0.433 e. The molecule has 1 aromatic heterocycles. The second-order valence-corrected chi connectivity index (χ2v) is 5.05. The summed E-state index contributed by atoms with van der Waals surface area (Å²) in [6.45, 7) is 4.01. The summed E-state index contributed by atoms with van der Waals surface area (Å²) < 4.78 is 38.3. The molecular weight excluding hydrogens is 271 g/mol. The Morgan fingerprint density at radius 2 is 2.10 bits per heavy atom. The second-order valence-electron chi connectivity index (χ2n) is 5.05. The van der Waals surface area contributed by atoms with Gasteiger partial charge < -0.3 is 4.90 Å². The topological polar surface area (TPSA) is 46.1 Å². The van der Waals surface area contributed by atoms with Crippen LogP contribution in [0.2, 0.25) is 0 Å². The predicted molar refractivity (Wildman–Crippen MR) is 66.0 cm³/mol. The van der Waals surface area contributed by atoms with Crippen molar-refractivity contribution in [1.82, 2.24) is 14.9 Å². The van der Waals surface area contributed by atoms with Crippen molar-refractivity contribution >= 4 is 5.91 Å². The van der Waals surface area contributed by atoms with E-state index in [1.165, 1.54) is 13.8 Å². The Bertz CT molecular complexity index is 516. The third-order valence-electron chi connectivity index (χ3n) is 3.39. The summed E-state index contributed by atoms with van der Waals surface area (Å²) in [4.78, 5) is 20.8. The van der Waals surface area contributed by atoms with Crippen LogP contribution in [-0.4, -0.2) is 33.9 Å². The number of rotatable bonds is 1. The molecule has 0 saturated carbocycles. The minimum atomic E-state index is -4.47. The van der Waals surface area contributed by atoms with Gasteiger partial charge in [0.1, 0.15) is 11.5 Å². The number of aryl methyl sites for hydroxylation is 1. The van der Waals surface area contributed by atoms with Crippen molar-refractivity contribution < 1.29 is 18.0 Å². The minimum Gasteiger partial charge on any atom is -0.342 e. The van der Waals surface area contributed by atoms with E-state index in [4.69, 9.17) is 0 Å². The van der Waals surface area contributed by atoms with Gasteiger partial charge in [-0.05, 0) is 25.8 Å². The van der Waals surface area contributed by atoms with E-state index in [-0.39, 0.29) is 17.6 Å². The number of carbonyl (C=O) groups is 1. The number of aromatic nitrogens is 2. The molecule has 0 radical (unpaired) electrons. The van der Waals surface area contributed by atoms with Crippen LogP contribution in [0, 0.1) is 6.92 Å². The molecule has 2 heterocycles. The molecule has 0 N–H and O–H groups in total. The first-order chi connectivity index (χ1) is 9.27. The van der Waals surface area contributed by atoms with Gasteiger partial charge in [-0.15, -0.1) is 0 Å². The van der Waals surface area contributed by atoms with Gasteiger partial charge in [0, 0.05) is 31.6 Å². The molecule has 0 unspecified atom stereocenters. The van der Waals surface area contributed by atoms with Gasteiger partial charge in [0.25, 0.3) is 0 Å². The summed E-state index contributed by atoms with van der Waals surface area (Å²) in [5.74, 6) is -0.115. The average molecular weight is 287 g/mol. The predicted octanol–water partition coefficient (Wildman–Crippen LogP) is 2.53. The van der Waals surface area contributed by atoms with Crippen molar-refractivity contribution in [3.63, 3.8) is 0 Å². The Kier molecular flexibility index (Phi) is 3.96. The van der Waals surface area contributed by atoms with E-state index in [1.807, 2.05) is 0 Å². The van der Waals surface area contributed by atoms with Gasteiger partial charge in [-0.3, -0.25) is 4.79 Å². The summed E-state index contributed by atoms with van der Waals surface area (Å²) >= 11 is 0. The number of halogens is 3. The lowest BCUT2D eigenvalue weighted by Crippen LogP contribution is -2.38. The molecule has 0 bridgehead atoms. The van der Waals surface area contributed by atoms with Crippen LogP contribution < -0.4 is 0 Å². The molecule has 2 rings (SSSR count). The van der Waals surface area contributed by atoms with Crippen LogP contribution >= 0.6 is 0 Å². The Balaban J connectivity index is 2.28. The highest BCUT2D eigenvalue weighted by molar-refractivity contribution is 5.73. The van der Waals surface area contributed by atoms with E-state index in [2.05, 4.69) is 9.97 Å². The Morgan fingerprint density at radius 3 is 2.70 bits per heavy atom. The van der Waals surface area contributed by atoms with Crippen LogP contribution in [0.5, 0.6) is 0 Å². The highest BCUT2D eigenvalue weighted by atomic mass is 19.4. The molecule has 0 spiro atoms. The molecule has 1 fully saturated rings. The quantitative estimate of drug-likeness (QED) is 0.797. The molecule has 1 saturated heterocycles. The molecule has 20 heavy (non-hydrogen) atoms. The number of hydrogen-bond donors (Lipinski definition) is 0. The zero-order valence-corrected chi connectivity index (χ0v) is 11.4. The molecule has 0 aromatic carbocycles. The third kappa shape index (κ3) is 3.26. The van der Waals surface area contributed by atoms with Crippen LogP contribution in [0.1, 0.15) is 42.9 Å². The van der Waals surface area contributed by atoms with Gasteiger partial charge in [0.15, 0.2) is 0 Å². The van der Waals surface area contributed by atoms with E-state index in [1.54, 1.807) is 4.90 Å². The maximum atomic E-state index is 12.8. The molecular formula is C13H16F3N3O. The van der Waals surface area contributed by atoms with E-state index >= 15 is 0 Å². The van der Waals surface area contributed by atoms with Crippen molar-refractivity contribution in [1.29, 1.82) is 0 Å². The lowest BCUT2D eigenvalue weighted by atomic mass is 9.97. The summed E-state index contributed by atoms with van der Waals surface area (Å²) in [5, 5.41) is 0. The van der Waals surface area contributed by atoms with E-state index < -0.39 is 11.9 Å². The second kappa shape index (κ2) is 5.38. The third-order valence-corrected chi connectivity index (χ3v) is 3.39. The normalized spacial score (nSPS) is 20.1. The van der Waals surface area contributed by atoms with Crippen LogP contribution in [0.3, 0.4) is 0 Å². The highest BCUT2D eigenvalue weighted by Crippen LogP contribution is 2.30. The minimum absolute atomic E-state index is 0.0709. The van der Waals surface area contributed by atoms with Gasteiger partial charge in [-0.25, -0.2) is 9.97 Å². The van der Waals surface area contributed by atoms with Gasteiger partial charge in [0.2, 0.25) is 5.91 Å². The fourth-order valence-corrected chi connectivity index (χ4v) is 2.39. The number of carbonyl (C=O) groups excluding carboxylic acids is 1. The average Bonchev–Trinajstić information content (AvgIpc) is 2.37. The smallest absolute Gasteiger partial charge is 0.342 e. The van der Waals surface area contributed by atoms with Crippen LogP contribution in [0.25, 0.3) is 0 Å². The summed E-state index contributed by atoms with van der Waals surface area (Å²) in [5.41, 5.74) is -0.623. The van der Waals surface area contributed by atoms with Gasteiger partial charge in [0.05, 0.1) is 0 Å². The van der Waals surface area contributed by atoms with Crippen molar-refractivity contribution in [3.05, 3.63) is 23.3 Å². The number of nitrogens with zero attached hydrogens (tertiary/aromatic N) is 3. The SMILES string of the molecule is CC(=O)N1CCC[C@H](c2nc(C)cc(C(F)(F)F)n2)C1. The molecule has 1 aliphatic rings. The molecule has 1 atom stereocenters. The van der Waals surface area contributed by atoms with E-state index in [9.17, 15) is 18.0 Å². The molecule has 4 nitrogen and oxygen atoms in total. The van der Waals surface area contributed by atoms with Crippen LogP contribution in [0.15, 0.2) is 6.07 Å². The number of hydrogen-bond acceptors (Lipinski definition) is 3. The zero-order valence-electron chi connectivity index (χ0n) is 11.4. The monoisotopic (exact) mass is 287 g/mol. The van der Waals surface area contributed by atoms with E-state index in [0.29, 0.717) is 25.2 Å².